The number of nitrogens with two attached hydrogens (primary N) is 1. The number of nitrogens with zero attached hydrogens (tertiary/aromatic N) is 1. The van der Waals surface area contributed by atoms with E-state index in [9.17, 15) is 8.42 Å². The van der Waals surface area contributed by atoms with E-state index in [0.717, 1.165) is 0 Å². The van der Waals surface area contributed by atoms with Gasteiger partial charge in [-0.2, -0.15) is 13.1 Å². The van der Waals surface area contributed by atoms with Crippen molar-refractivity contribution in [3.8, 4) is 0 Å². The van der Waals surface area contributed by atoms with Crippen molar-refractivity contribution in [1.29, 1.82) is 0 Å². The van der Waals surface area contributed by atoms with Crippen LogP contribution in [0.5, 0.6) is 0 Å². The Morgan fingerprint density at radius 2 is 2.17 bits per heavy atom. The molecule has 0 atom stereocenters. The minimum absolute atomic E-state index is 0.234. The summed E-state index contributed by atoms with van der Waals surface area (Å²) in [6.45, 7) is 2.65. The molecule has 0 heterocycles. The van der Waals surface area contributed by atoms with Crippen molar-refractivity contribution >= 4 is 21.6 Å². The zero-order valence-corrected chi connectivity index (χ0v) is 11.4. The molecule has 102 valence electrons. The molecule has 6 nitrogen and oxygen atoms in total. The highest BCUT2D eigenvalue weighted by atomic mass is 32.2. The van der Waals surface area contributed by atoms with Gasteiger partial charge in [0.05, 0.1) is 12.3 Å². The minimum atomic E-state index is -3.57. The summed E-state index contributed by atoms with van der Waals surface area (Å²) in [5.74, 6) is 0. The lowest BCUT2D eigenvalue weighted by atomic mass is 10.3. The van der Waals surface area contributed by atoms with E-state index in [1.54, 1.807) is 31.2 Å². The number of nitrogen functional groups attached to an aromatic ring is 1. The fourth-order valence-electron chi connectivity index (χ4n) is 1.52. The first-order valence-corrected chi connectivity index (χ1v) is 7.07. The van der Waals surface area contributed by atoms with Crippen LogP contribution in [0.2, 0.25) is 0 Å². The molecule has 0 saturated carbocycles. The number of ether oxygens (including phenoxy) is 1. The van der Waals surface area contributed by atoms with E-state index >= 15 is 0 Å². The predicted octanol–water partition coefficient (Wildman–Crippen LogP) is 0.576. The Balaban J connectivity index is 2.88. The van der Waals surface area contributed by atoms with Gasteiger partial charge in [0, 0.05) is 25.9 Å². The first-order valence-electron chi connectivity index (χ1n) is 5.63. The van der Waals surface area contributed by atoms with Gasteiger partial charge in [-0.15, -0.1) is 0 Å². The number of hydrogen-bond acceptors (Lipinski definition) is 4. The molecule has 0 amide bonds. The average molecular weight is 273 g/mol. The number of benzene rings is 1. The number of methoxy groups -OCH3 is 1. The van der Waals surface area contributed by atoms with Crippen molar-refractivity contribution in [3.05, 3.63) is 24.3 Å². The van der Waals surface area contributed by atoms with Crippen molar-refractivity contribution in [2.75, 3.05) is 36.8 Å². The van der Waals surface area contributed by atoms with Gasteiger partial charge in [0.1, 0.15) is 0 Å². The Labute approximate surface area is 108 Å². The predicted molar refractivity (Wildman–Crippen MR) is 72.7 cm³/mol. The summed E-state index contributed by atoms with van der Waals surface area (Å²) in [7, 11) is -2.05. The average Bonchev–Trinajstić information content (AvgIpc) is 2.29. The van der Waals surface area contributed by atoms with Gasteiger partial charge in [0.15, 0.2) is 0 Å². The van der Waals surface area contributed by atoms with E-state index in [2.05, 4.69) is 4.72 Å². The van der Waals surface area contributed by atoms with Crippen LogP contribution in [0.4, 0.5) is 11.4 Å². The molecule has 0 radical (unpaired) electrons. The molecule has 0 saturated heterocycles. The van der Waals surface area contributed by atoms with Gasteiger partial charge in [-0.3, -0.25) is 4.31 Å². The topological polar surface area (TPSA) is 84.7 Å². The highest BCUT2D eigenvalue weighted by molar-refractivity contribution is 7.90. The quantitative estimate of drug-likeness (QED) is 0.562. The minimum Gasteiger partial charge on any atom is -0.399 e. The molecule has 0 aliphatic carbocycles. The fourth-order valence-corrected chi connectivity index (χ4v) is 2.75. The van der Waals surface area contributed by atoms with Gasteiger partial charge in [0.25, 0.3) is 0 Å². The molecular weight excluding hydrogens is 254 g/mol. The molecule has 0 unspecified atom stereocenters. The molecule has 0 aliphatic rings. The maximum Gasteiger partial charge on any atom is 0.301 e. The van der Waals surface area contributed by atoms with Crippen molar-refractivity contribution in [3.63, 3.8) is 0 Å². The van der Waals surface area contributed by atoms with E-state index in [4.69, 9.17) is 10.5 Å². The second-order valence-corrected chi connectivity index (χ2v) is 5.33. The molecule has 1 rings (SSSR count). The van der Waals surface area contributed by atoms with Crippen molar-refractivity contribution in [2.24, 2.45) is 0 Å². The van der Waals surface area contributed by atoms with E-state index < -0.39 is 10.2 Å². The second kappa shape index (κ2) is 6.58. The van der Waals surface area contributed by atoms with E-state index in [-0.39, 0.29) is 6.54 Å². The Bertz CT molecular complexity index is 476. The van der Waals surface area contributed by atoms with Crippen LogP contribution in [0.15, 0.2) is 24.3 Å². The molecule has 3 N–H and O–H groups in total. The molecule has 18 heavy (non-hydrogen) atoms. The van der Waals surface area contributed by atoms with Crippen molar-refractivity contribution in [2.45, 2.75) is 6.92 Å². The van der Waals surface area contributed by atoms with Crippen LogP contribution < -0.4 is 14.8 Å². The Hall–Kier alpha value is -1.31. The number of nitrogens with one attached hydrogen (secondary N) is 1. The van der Waals surface area contributed by atoms with Crippen LogP contribution in [-0.4, -0.2) is 35.2 Å². The van der Waals surface area contributed by atoms with E-state index in [1.165, 1.54) is 11.4 Å². The maximum atomic E-state index is 12.1. The fraction of sp³-hybridized carbons (Fsp3) is 0.455. The molecule has 0 spiro atoms. The lowest BCUT2D eigenvalue weighted by Gasteiger charge is -2.23. The largest absolute Gasteiger partial charge is 0.399 e. The smallest absolute Gasteiger partial charge is 0.301 e. The Morgan fingerprint density at radius 1 is 1.44 bits per heavy atom. The number of hydrogen-bond donors (Lipinski definition) is 2. The van der Waals surface area contributed by atoms with Gasteiger partial charge in [0.2, 0.25) is 0 Å². The molecule has 1 aromatic rings. The Kier molecular flexibility index (Phi) is 5.39. The maximum absolute atomic E-state index is 12.1. The van der Waals surface area contributed by atoms with Crippen LogP contribution in [0.1, 0.15) is 6.92 Å². The summed E-state index contributed by atoms with van der Waals surface area (Å²) in [5, 5.41) is 0. The number of rotatable bonds is 7. The summed E-state index contributed by atoms with van der Waals surface area (Å²) >= 11 is 0. The lowest BCUT2D eigenvalue weighted by molar-refractivity contribution is 0.204. The standard InChI is InChI=1S/C11H19N3O3S/c1-3-14(11-6-4-5-10(12)9-11)18(15,16)13-7-8-17-2/h4-6,9,13H,3,7-8,12H2,1-2H3. The summed E-state index contributed by atoms with van der Waals surface area (Å²) in [6, 6.07) is 6.76. The molecule has 1 aromatic carbocycles. The summed E-state index contributed by atoms with van der Waals surface area (Å²) < 4.78 is 32.7. The van der Waals surface area contributed by atoms with Crippen LogP contribution in [0.3, 0.4) is 0 Å². The molecule has 0 fully saturated rings. The molecule has 0 bridgehead atoms. The third-order valence-corrected chi connectivity index (χ3v) is 3.94. The molecule has 0 aliphatic heterocycles. The zero-order valence-electron chi connectivity index (χ0n) is 10.6. The molecule has 0 aromatic heterocycles. The van der Waals surface area contributed by atoms with Crippen LogP contribution >= 0.6 is 0 Å². The van der Waals surface area contributed by atoms with E-state index in [0.29, 0.717) is 24.5 Å². The van der Waals surface area contributed by atoms with Gasteiger partial charge in [-0.1, -0.05) is 6.07 Å². The van der Waals surface area contributed by atoms with Gasteiger partial charge >= 0.3 is 10.2 Å². The van der Waals surface area contributed by atoms with Crippen LogP contribution in [0, 0.1) is 0 Å². The highest BCUT2D eigenvalue weighted by Gasteiger charge is 2.20. The Morgan fingerprint density at radius 3 is 2.72 bits per heavy atom. The first-order chi connectivity index (χ1) is 8.51. The number of anilines is 2. The summed E-state index contributed by atoms with van der Waals surface area (Å²) in [5.41, 5.74) is 6.72. The third kappa shape index (κ3) is 3.86. The summed E-state index contributed by atoms with van der Waals surface area (Å²) in [6.07, 6.45) is 0. The molecule has 7 heteroatoms. The van der Waals surface area contributed by atoms with E-state index in [1.807, 2.05) is 0 Å². The SMILES string of the molecule is CCN(c1cccc(N)c1)S(=O)(=O)NCCOC. The summed E-state index contributed by atoms with van der Waals surface area (Å²) in [4.78, 5) is 0. The van der Waals surface area contributed by atoms with Gasteiger partial charge in [-0.05, 0) is 25.1 Å². The third-order valence-electron chi connectivity index (χ3n) is 2.33. The zero-order chi connectivity index (χ0) is 13.6. The lowest BCUT2D eigenvalue weighted by Crippen LogP contribution is -2.42. The van der Waals surface area contributed by atoms with Crippen molar-refractivity contribution < 1.29 is 13.2 Å². The normalized spacial score (nSPS) is 11.4. The molecular formula is C11H19N3O3S. The van der Waals surface area contributed by atoms with Crippen LogP contribution in [0.25, 0.3) is 0 Å². The van der Waals surface area contributed by atoms with Crippen molar-refractivity contribution in [1.82, 2.24) is 4.72 Å². The van der Waals surface area contributed by atoms with Crippen LogP contribution in [-0.2, 0) is 14.9 Å². The van der Waals surface area contributed by atoms with Gasteiger partial charge < -0.3 is 10.5 Å². The highest BCUT2D eigenvalue weighted by Crippen LogP contribution is 2.19. The second-order valence-electron chi connectivity index (χ2n) is 3.65. The monoisotopic (exact) mass is 273 g/mol. The van der Waals surface area contributed by atoms with Gasteiger partial charge in [-0.25, -0.2) is 0 Å². The first kappa shape index (κ1) is 14.7.